The fraction of sp³-hybridized carbons (Fsp3) is 0.462. The molecule has 0 bridgehead atoms. The second-order valence-electron chi connectivity index (χ2n) is 4.27. The average Bonchev–Trinajstić information content (AvgIpc) is 2.36. The highest BCUT2D eigenvalue weighted by Crippen LogP contribution is 2.19. The highest BCUT2D eigenvalue weighted by atomic mass is 16.3. The molecule has 16 heavy (non-hydrogen) atoms. The number of aliphatic hydroxyl groups is 1. The molecule has 0 spiro atoms. The first-order chi connectivity index (χ1) is 7.62. The molecule has 1 rings (SSSR count). The lowest BCUT2D eigenvalue weighted by atomic mass is 9.92. The normalized spacial score (nSPS) is 16.1. The number of nitrogens with zero attached hydrogens (tertiary/aromatic N) is 1. The van der Waals surface area contributed by atoms with Gasteiger partial charge in [-0.1, -0.05) is 30.3 Å². The fourth-order valence-electron chi connectivity index (χ4n) is 1.48. The van der Waals surface area contributed by atoms with E-state index in [0.29, 0.717) is 6.54 Å². The second kappa shape index (κ2) is 5.64. The fourth-order valence-corrected chi connectivity index (χ4v) is 1.48. The Kier molecular flexibility index (Phi) is 4.48. The van der Waals surface area contributed by atoms with Crippen molar-refractivity contribution in [3.05, 3.63) is 35.9 Å². The van der Waals surface area contributed by atoms with Gasteiger partial charge in [-0.25, -0.2) is 0 Å². The summed E-state index contributed by atoms with van der Waals surface area (Å²) in [5.41, 5.74) is 0.550. The summed E-state index contributed by atoms with van der Waals surface area (Å²) in [7, 11) is 0. The van der Waals surface area contributed by atoms with E-state index in [0.717, 1.165) is 5.56 Å². The van der Waals surface area contributed by atoms with Gasteiger partial charge in [0.2, 0.25) is 0 Å². The highest BCUT2D eigenvalue weighted by molar-refractivity contribution is 5.23. The number of rotatable bonds is 5. The summed E-state index contributed by atoms with van der Waals surface area (Å²) in [6.07, 6.45) is 0. The summed E-state index contributed by atoms with van der Waals surface area (Å²) < 4.78 is 0. The quantitative estimate of drug-likeness (QED) is 0.790. The monoisotopic (exact) mass is 218 g/mol. The molecule has 2 unspecified atom stereocenters. The molecule has 0 aromatic heterocycles. The molecule has 0 aliphatic heterocycles. The van der Waals surface area contributed by atoms with Crippen LogP contribution in [0.3, 0.4) is 0 Å². The standard InChI is InChI=1S/C13H18N2O/c1-11(8-14)9-15-13(2,10-16)12-6-4-3-5-7-12/h3-7,11,15-16H,9-10H2,1-2H3. The molecule has 0 radical (unpaired) electrons. The van der Waals surface area contributed by atoms with Crippen molar-refractivity contribution in [3.63, 3.8) is 0 Å². The van der Waals surface area contributed by atoms with Crippen molar-refractivity contribution in [2.75, 3.05) is 13.2 Å². The van der Waals surface area contributed by atoms with Crippen LogP contribution in [-0.4, -0.2) is 18.3 Å². The van der Waals surface area contributed by atoms with Gasteiger partial charge in [-0.2, -0.15) is 5.26 Å². The Hall–Kier alpha value is -1.37. The minimum absolute atomic E-state index is 0.00909. The van der Waals surface area contributed by atoms with E-state index in [9.17, 15) is 5.11 Å². The molecule has 0 aliphatic rings. The molecule has 2 N–H and O–H groups in total. The van der Waals surface area contributed by atoms with Crippen LogP contribution in [0.5, 0.6) is 0 Å². The Balaban J connectivity index is 2.75. The number of nitriles is 1. The maximum absolute atomic E-state index is 9.48. The molecule has 1 aromatic rings. The third kappa shape index (κ3) is 3.06. The van der Waals surface area contributed by atoms with Crippen molar-refractivity contribution in [2.45, 2.75) is 19.4 Å². The Bertz CT molecular complexity index is 358. The molecule has 2 atom stereocenters. The first-order valence-electron chi connectivity index (χ1n) is 5.43. The first-order valence-corrected chi connectivity index (χ1v) is 5.43. The summed E-state index contributed by atoms with van der Waals surface area (Å²) in [5, 5.41) is 21.4. The SMILES string of the molecule is CC(C#N)CNC(C)(CO)c1ccccc1. The van der Waals surface area contributed by atoms with Crippen molar-refractivity contribution in [2.24, 2.45) is 5.92 Å². The number of aliphatic hydroxyl groups excluding tert-OH is 1. The summed E-state index contributed by atoms with van der Waals surface area (Å²) in [5.74, 6) is -0.0606. The molecule has 0 aliphatic carbocycles. The van der Waals surface area contributed by atoms with E-state index >= 15 is 0 Å². The van der Waals surface area contributed by atoms with Gasteiger partial charge in [0, 0.05) is 6.54 Å². The van der Waals surface area contributed by atoms with Crippen molar-refractivity contribution in [1.82, 2.24) is 5.32 Å². The Morgan fingerprint density at radius 3 is 2.56 bits per heavy atom. The van der Waals surface area contributed by atoms with Gasteiger partial charge >= 0.3 is 0 Å². The van der Waals surface area contributed by atoms with Gasteiger partial charge in [-0.3, -0.25) is 0 Å². The third-order valence-electron chi connectivity index (χ3n) is 2.75. The smallest absolute Gasteiger partial charge is 0.0666 e. The lowest BCUT2D eigenvalue weighted by Gasteiger charge is -2.30. The van der Waals surface area contributed by atoms with Crippen molar-refractivity contribution in [3.8, 4) is 6.07 Å². The zero-order chi connectivity index (χ0) is 12.0. The number of hydrogen-bond acceptors (Lipinski definition) is 3. The van der Waals surface area contributed by atoms with E-state index in [2.05, 4.69) is 11.4 Å². The molecule has 0 amide bonds. The molecule has 0 saturated heterocycles. The molecule has 3 heteroatoms. The molecule has 0 saturated carbocycles. The lowest BCUT2D eigenvalue weighted by molar-refractivity contribution is 0.173. The van der Waals surface area contributed by atoms with Crippen LogP contribution in [0.15, 0.2) is 30.3 Å². The molecule has 86 valence electrons. The summed E-state index contributed by atoms with van der Waals surface area (Å²) in [6.45, 7) is 4.37. The van der Waals surface area contributed by atoms with E-state index in [1.807, 2.05) is 44.2 Å². The zero-order valence-corrected chi connectivity index (χ0v) is 9.77. The van der Waals surface area contributed by atoms with Crippen LogP contribution in [0.1, 0.15) is 19.4 Å². The summed E-state index contributed by atoms with van der Waals surface area (Å²) >= 11 is 0. The summed E-state index contributed by atoms with van der Waals surface area (Å²) in [6, 6.07) is 11.9. The van der Waals surface area contributed by atoms with Gasteiger partial charge in [0.25, 0.3) is 0 Å². The predicted octanol–water partition coefficient (Wildman–Crippen LogP) is 1.64. The van der Waals surface area contributed by atoms with Crippen LogP contribution in [0, 0.1) is 17.2 Å². The van der Waals surface area contributed by atoms with Gasteiger partial charge in [0.05, 0.1) is 24.1 Å². The zero-order valence-electron chi connectivity index (χ0n) is 9.77. The Labute approximate surface area is 96.7 Å². The minimum atomic E-state index is -0.480. The average molecular weight is 218 g/mol. The molecule has 0 fully saturated rings. The third-order valence-corrected chi connectivity index (χ3v) is 2.75. The van der Waals surface area contributed by atoms with Crippen LogP contribution in [0.2, 0.25) is 0 Å². The molecule has 3 nitrogen and oxygen atoms in total. The van der Waals surface area contributed by atoms with E-state index in [1.54, 1.807) is 0 Å². The minimum Gasteiger partial charge on any atom is -0.394 e. The maximum atomic E-state index is 9.48. The summed E-state index contributed by atoms with van der Waals surface area (Å²) in [4.78, 5) is 0. The maximum Gasteiger partial charge on any atom is 0.0666 e. The number of nitrogens with one attached hydrogen (secondary N) is 1. The Morgan fingerprint density at radius 2 is 2.06 bits per heavy atom. The van der Waals surface area contributed by atoms with Crippen molar-refractivity contribution >= 4 is 0 Å². The molecule has 0 heterocycles. The van der Waals surface area contributed by atoms with Crippen molar-refractivity contribution in [1.29, 1.82) is 5.26 Å². The molecular formula is C13H18N2O. The van der Waals surface area contributed by atoms with Crippen LogP contribution >= 0.6 is 0 Å². The largest absolute Gasteiger partial charge is 0.394 e. The van der Waals surface area contributed by atoms with Crippen LogP contribution in [-0.2, 0) is 5.54 Å². The van der Waals surface area contributed by atoms with Gasteiger partial charge in [-0.15, -0.1) is 0 Å². The van der Waals surface area contributed by atoms with Gasteiger partial charge in [0.15, 0.2) is 0 Å². The highest BCUT2D eigenvalue weighted by Gasteiger charge is 2.25. The molecule has 1 aromatic carbocycles. The van der Waals surface area contributed by atoms with E-state index in [4.69, 9.17) is 5.26 Å². The Morgan fingerprint density at radius 1 is 1.44 bits per heavy atom. The van der Waals surface area contributed by atoms with Gasteiger partial charge in [0.1, 0.15) is 0 Å². The topological polar surface area (TPSA) is 56.0 Å². The van der Waals surface area contributed by atoms with Crippen LogP contribution < -0.4 is 5.32 Å². The molecular weight excluding hydrogens is 200 g/mol. The van der Waals surface area contributed by atoms with E-state index in [1.165, 1.54) is 0 Å². The predicted molar refractivity (Wildman–Crippen MR) is 63.7 cm³/mol. The number of hydrogen-bond donors (Lipinski definition) is 2. The van der Waals surface area contributed by atoms with E-state index in [-0.39, 0.29) is 12.5 Å². The second-order valence-corrected chi connectivity index (χ2v) is 4.27. The van der Waals surface area contributed by atoms with Crippen LogP contribution in [0.25, 0.3) is 0 Å². The van der Waals surface area contributed by atoms with Crippen LogP contribution in [0.4, 0.5) is 0 Å². The lowest BCUT2D eigenvalue weighted by Crippen LogP contribution is -2.44. The number of benzene rings is 1. The first kappa shape index (κ1) is 12.7. The van der Waals surface area contributed by atoms with Crippen molar-refractivity contribution < 1.29 is 5.11 Å². The van der Waals surface area contributed by atoms with Gasteiger partial charge in [-0.05, 0) is 19.4 Å². The van der Waals surface area contributed by atoms with E-state index < -0.39 is 5.54 Å². The van der Waals surface area contributed by atoms with Gasteiger partial charge < -0.3 is 10.4 Å².